The molecule has 2 aromatic rings. The van der Waals surface area contributed by atoms with Crippen LogP contribution in [0.15, 0.2) is 48.3 Å². The number of nitrogens with two attached hydrogens (primary N) is 1. The Morgan fingerprint density at radius 1 is 0.897 bits per heavy atom. The molecule has 0 atom stereocenters. The van der Waals surface area contributed by atoms with Crippen molar-refractivity contribution in [2.45, 2.75) is 53.3 Å². The number of hydrogen-bond donors (Lipinski definition) is 4. The molecule has 3 amide bonds. The van der Waals surface area contributed by atoms with Gasteiger partial charge in [0.15, 0.2) is 0 Å². The molecule has 14 heteroatoms. The summed E-state index contributed by atoms with van der Waals surface area (Å²) in [5.41, 5.74) is 5.99. The molecule has 0 spiro atoms. The number of aromatic nitrogens is 4. The second-order valence-electron chi connectivity index (χ2n) is 9.11. The lowest BCUT2D eigenvalue weighted by atomic mass is 10.2. The number of nitrogens with one attached hydrogen (secondary N) is 3. The van der Waals surface area contributed by atoms with Gasteiger partial charge < -0.3 is 26.4 Å². The summed E-state index contributed by atoms with van der Waals surface area (Å²) in [6.07, 6.45) is 3.43. The van der Waals surface area contributed by atoms with Crippen LogP contribution in [0.5, 0.6) is 0 Å². The molecule has 0 fully saturated rings. The van der Waals surface area contributed by atoms with Crippen molar-refractivity contribution in [3.8, 4) is 0 Å². The zero-order chi connectivity index (χ0) is 29.4. The molecular weight excluding hydrogens is 514 g/mol. The van der Waals surface area contributed by atoms with E-state index < -0.39 is 11.7 Å². The Hall–Kier alpha value is -4.07. The van der Waals surface area contributed by atoms with E-state index in [9.17, 15) is 23.2 Å². The smallest absolute Gasteiger partial charge is 0.407 e. The zero-order valence-electron chi connectivity index (χ0n) is 23.0. The van der Waals surface area contributed by atoms with Gasteiger partial charge in [-0.3, -0.25) is 19.0 Å². The second-order valence-corrected chi connectivity index (χ2v) is 9.11. The molecule has 2 heterocycles. The van der Waals surface area contributed by atoms with Gasteiger partial charge in [-0.2, -0.15) is 10.2 Å². The summed E-state index contributed by atoms with van der Waals surface area (Å²) in [6.45, 7) is 10.4. The van der Waals surface area contributed by atoms with Crippen molar-refractivity contribution in [3.05, 3.63) is 59.7 Å². The van der Waals surface area contributed by atoms with Crippen LogP contribution in [0, 0.1) is 0 Å². The summed E-state index contributed by atoms with van der Waals surface area (Å²) < 4.78 is 33.2. The largest absolute Gasteiger partial charge is 0.444 e. The fourth-order valence-electron chi connectivity index (χ4n) is 2.83. The van der Waals surface area contributed by atoms with Crippen molar-refractivity contribution in [1.82, 2.24) is 35.5 Å². The van der Waals surface area contributed by atoms with E-state index in [1.54, 1.807) is 52.2 Å². The van der Waals surface area contributed by atoms with Gasteiger partial charge in [-0.15, -0.1) is 0 Å². The van der Waals surface area contributed by atoms with Crippen molar-refractivity contribution in [2.24, 2.45) is 5.73 Å². The minimum absolute atomic E-state index is 0.0121. The number of alkyl carbamates (subject to hydrolysis) is 1. The van der Waals surface area contributed by atoms with E-state index in [-0.39, 0.29) is 43.7 Å². The maximum atomic E-state index is 12.9. The van der Waals surface area contributed by atoms with Gasteiger partial charge in [0.05, 0.1) is 25.7 Å². The van der Waals surface area contributed by atoms with Crippen LogP contribution in [-0.2, 0) is 17.8 Å². The number of nitrogens with zero attached hydrogens (tertiary/aromatic N) is 4. The van der Waals surface area contributed by atoms with Crippen molar-refractivity contribution in [3.63, 3.8) is 0 Å². The molecule has 0 radical (unpaired) electrons. The molecule has 0 unspecified atom stereocenters. The van der Waals surface area contributed by atoms with Crippen molar-refractivity contribution in [2.75, 3.05) is 26.2 Å². The summed E-state index contributed by atoms with van der Waals surface area (Å²) in [7, 11) is 0. The minimum Gasteiger partial charge on any atom is -0.444 e. The lowest BCUT2D eigenvalue weighted by molar-refractivity contribution is 0.0531. The Labute approximate surface area is 226 Å². The van der Waals surface area contributed by atoms with Gasteiger partial charge in [-0.05, 0) is 57.9 Å². The van der Waals surface area contributed by atoms with Crippen LogP contribution in [0.3, 0.4) is 0 Å². The van der Waals surface area contributed by atoms with E-state index in [0.29, 0.717) is 42.6 Å². The van der Waals surface area contributed by atoms with E-state index in [0.717, 1.165) is 0 Å². The topological polar surface area (TPSA) is 158 Å². The van der Waals surface area contributed by atoms with E-state index in [2.05, 4.69) is 26.1 Å². The van der Waals surface area contributed by atoms with Gasteiger partial charge in [0.25, 0.3) is 11.8 Å². The third-order valence-corrected chi connectivity index (χ3v) is 4.58. The minimum atomic E-state index is -0.625. The molecule has 12 nitrogen and oxygen atoms in total. The van der Waals surface area contributed by atoms with Gasteiger partial charge in [-0.1, -0.05) is 0 Å². The van der Waals surface area contributed by atoms with Crippen LogP contribution < -0.4 is 21.7 Å². The number of amides is 3. The Balaban J connectivity index is 0.000000416. The maximum Gasteiger partial charge on any atom is 0.407 e. The van der Waals surface area contributed by atoms with E-state index in [4.69, 9.17) is 10.5 Å². The number of ether oxygens (including phenoxy) is 1. The SMILES string of the molecule is CCNC(=O)c1ccn(C/C(=C/F)CN)n1.CCNC(=O)c1ccn(C/C(=C/F)CNC(=O)OC(C)(C)C)n1. The third kappa shape index (κ3) is 12.8. The van der Waals surface area contributed by atoms with Crippen molar-refractivity contribution < 1.29 is 27.9 Å². The standard InChI is InChI=1S/C15H23FN4O3.C10H15FN4O/c1-5-17-13(21)12-6-7-20(19-12)10-11(8-16)9-18-14(22)23-15(2,3)4;1-2-13-10(16)9-3-4-15(14-9)7-8(5-11)6-12/h6-8H,5,9-10H2,1-4H3,(H,17,21)(H,18,22);3-5H,2,6-7,12H2,1H3,(H,13,16)/b11-8+;8-5+. The molecule has 0 aliphatic heterocycles. The predicted molar refractivity (Wildman–Crippen MR) is 142 cm³/mol. The predicted octanol–water partition coefficient (Wildman–Crippen LogP) is 2.46. The van der Waals surface area contributed by atoms with Gasteiger partial charge in [0.2, 0.25) is 0 Å². The van der Waals surface area contributed by atoms with E-state index in [1.165, 1.54) is 9.36 Å². The Morgan fingerprint density at radius 3 is 1.74 bits per heavy atom. The average molecular weight is 553 g/mol. The highest BCUT2D eigenvalue weighted by molar-refractivity contribution is 5.92. The molecule has 5 N–H and O–H groups in total. The molecule has 2 aromatic heterocycles. The molecule has 0 bridgehead atoms. The normalized spacial score (nSPS) is 11.8. The molecule has 216 valence electrons. The summed E-state index contributed by atoms with van der Waals surface area (Å²) in [6, 6.07) is 3.12. The molecule has 0 saturated heterocycles. The van der Waals surface area contributed by atoms with E-state index in [1.807, 2.05) is 6.92 Å². The number of carbonyl (C=O) groups excluding carboxylic acids is 3. The van der Waals surface area contributed by atoms with Crippen molar-refractivity contribution in [1.29, 1.82) is 0 Å². The molecule has 39 heavy (non-hydrogen) atoms. The fraction of sp³-hybridized carbons (Fsp3) is 0.480. The Kier molecular flexibility index (Phi) is 14.1. The van der Waals surface area contributed by atoms with Crippen LogP contribution in [0.25, 0.3) is 0 Å². The molecule has 2 rings (SSSR count). The highest BCUT2D eigenvalue weighted by atomic mass is 19.1. The van der Waals surface area contributed by atoms with Crippen LogP contribution in [0.4, 0.5) is 13.6 Å². The van der Waals surface area contributed by atoms with Crippen LogP contribution in [0.1, 0.15) is 55.6 Å². The highest BCUT2D eigenvalue weighted by Gasteiger charge is 2.16. The average Bonchev–Trinajstić information content (AvgIpc) is 3.54. The molecule has 0 aliphatic carbocycles. The first-order valence-electron chi connectivity index (χ1n) is 12.3. The number of hydrogen-bond acceptors (Lipinski definition) is 7. The first kappa shape index (κ1) is 33.0. The first-order chi connectivity index (χ1) is 18.5. The molecule has 0 aromatic carbocycles. The molecular formula is C25H38F2N8O4. The third-order valence-electron chi connectivity index (χ3n) is 4.58. The van der Waals surface area contributed by atoms with Gasteiger partial charge in [-0.25, -0.2) is 13.6 Å². The first-order valence-corrected chi connectivity index (χ1v) is 12.3. The fourth-order valence-corrected chi connectivity index (χ4v) is 2.83. The molecule has 0 saturated carbocycles. The summed E-state index contributed by atoms with van der Waals surface area (Å²) in [5.74, 6) is -0.524. The quantitative estimate of drug-likeness (QED) is 0.333. The lowest BCUT2D eigenvalue weighted by Crippen LogP contribution is -2.34. The van der Waals surface area contributed by atoms with Gasteiger partial charge >= 0.3 is 6.09 Å². The van der Waals surface area contributed by atoms with Gasteiger partial charge in [0.1, 0.15) is 17.0 Å². The highest BCUT2D eigenvalue weighted by Crippen LogP contribution is 2.07. The van der Waals surface area contributed by atoms with Crippen molar-refractivity contribution >= 4 is 17.9 Å². The van der Waals surface area contributed by atoms with Crippen LogP contribution in [0.2, 0.25) is 0 Å². The monoisotopic (exact) mass is 552 g/mol. The van der Waals surface area contributed by atoms with Gasteiger partial charge in [0, 0.05) is 38.6 Å². The summed E-state index contributed by atoms with van der Waals surface area (Å²) in [5, 5.41) is 15.8. The molecule has 0 aliphatic rings. The number of carbonyl (C=O) groups is 3. The second kappa shape index (κ2) is 16.7. The zero-order valence-corrected chi connectivity index (χ0v) is 23.0. The number of halogens is 2. The maximum absolute atomic E-state index is 12.9. The number of rotatable bonds is 11. The van der Waals surface area contributed by atoms with E-state index >= 15 is 0 Å². The summed E-state index contributed by atoms with van der Waals surface area (Å²) >= 11 is 0. The Morgan fingerprint density at radius 2 is 1.36 bits per heavy atom. The van der Waals surface area contributed by atoms with Crippen LogP contribution >= 0.6 is 0 Å². The lowest BCUT2D eigenvalue weighted by Gasteiger charge is -2.20. The van der Waals surface area contributed by atoms with Crippen LogP contribution in [-0.4, -0.2) is 69.2 Å². The summed E-state index contributed by atoms with van der Waals surface area (Å²) in [4.78, 5) is 34.5. The Bertz CT molecular complexity index is 1140.